The molecule has 11 nitrogen and oxygen atoms in total. The number of anilines is 1. The summed E-state index contributed by atoms with van der Waals surface area (Å²) in [6.07, 6.45) is 5.70. The zero-order valence-corrected chi connectivity index (χ0v) is 34.5. The van der Waals surface area contributed by atoms with Crippen molar-refractivity contribution in [2.45, 2.75) is 96.1 Å². The molecular formula is C39H57FN6O5Si2. The van der Waals surface area contributed by atoms with Gasteiger partial charge in [0.2, 0.25) is 0 Å². The molecule has 53 heavy (non-hydrogen) atoms. The summed E-state index contributed by atoms with van der Waals surface area (Å²) in [6.45, 7) is 22.4. The third-order valence-electron chi connectivity index (χ3n) is 9.76. The van der Waals surface area contributed by atoms with E-state index in [1.807, 2.05) is 65.0 Å². The average Bonchev–Trinajstić information content (AvgIpc) is 3.77. The average molecular weight is 765 g/mol. The Hall–Kier alpha value is -3.86. The number of fused-ring (bicyclic) bond motifs is 1. The number of nitrogens with zero attached hydrogens (tertiary/aromatic N) is 6. The van der Waals surface area contributed by atoms with Gasteiger partial charge in [0, 0.05) is 58.5 Å². The maximum Gasteiger partial charge on any atom is 0.338 e. The quantitative estimate of drug-likeness (QED) is 0.0433. The SMILES string of the molecule is C=C(OCC)c1c(C2CCC(C(F)C(=O)O)CC2)nc2c(-c3cnn(-c4ccccc4)c3)cnn2c1N(COCC[Si](C)(C)C)COCC[Si](C)(C)C. The van der Waals surface area contributed by atoms with Gasteiger partial charge in [-0.1, -0.05) is 64.1 Å². The van der Waals surface area contributed by atoms with E-state index in [2.05, 4.69) is 55.9 Å². The van der Waals surface area contributed by atoms with Crippen LogP contribution < -0.4 is 4.90 Å². The number of halogens is 1. The van der Waals surface area contributed by atoms with Crippen LogP contribution >= 0.6 is 0 Å². The lowest BCUT2D eigenvalue weighted by Gasteiger charge is -2.33. The van der Waals surface area contributed by atoms with Crippen molar-refractivity contribution in [1.29, 1.82) is 0 Å². The van der Waals surface area contributed by atoms with Gasteiger partial charge in [-0.25, -0.2) is 18.9 Å². The number of carboxylic acids is 1. The molecular weight excluding hydrogens is 708 g/mol. The van der Waals surface area contributed by atoms with Gasteiger partial charge < -0.3 is 24.2 Å². The van der Waals surface area contributed by atoms with Crippen molar-refractivity contribution in [3.63, 3.8) is 0 Å². The van der Waals surface area contributed by atoms with Crippen LogP contribution in [-0.2, 0) is 19.0 Å². The summed E-state index contributed by atoms with van der Waals surface area (Å²) in [5.74, 6) is -0.899. The summed E-state index contributed by atoms with van der Waals surface area (Å²) in [5.41, 5.74) is 4.67. The predicted octanol–water partition coefficient (Wildman–Crippen LogP) is 8.72. The normalized spacial score (nSPS) is 17.2. The standard InChI is InChI=1S/C39H57FN6O5Si2/c1-9-51-28(2)34-36(30-17-15-29(16-18-30)35(40)39(47)48)43-37-33(31-23-41-45(25-31)32-13-11-10-12-14-32)24-42-46(37)38(34)44(26-49-19-21-52(3,4)5)27-50-20-22-53(6,7)8/h10-14,23-25,29-30,35H,2,9,15-22,26-27H2,1,3-8H3,(H,47,48). The van der Waals surface area contributed by atoms with Crippen LogP contribution in [0, 0.1) is 5.92 Å². The number of carboxylic acid groups (broad SMARTS) is 1. The third kappa shape index (κ3) is 10.4. The van der Waals surface area contributed by atoms with E-state index < -0.39 is 34.2 Å². The highest BCUT2D eigenvalue weighted by atomic mass is 28.3. The number of aliphatic carboxylic acids is 1. The highest BCUT2D eigenvalue weighted by Gasteiger charge is 2.36. The van der Waals surface area contributed by atoms with E-state index in [9.17, 15) is 14.3 Å². The summed E-state index contributed by atoms with van der Waals surface area (Å²) in [5, 5.41) is 19.0. The van der Waals surface area contributed by atoms with Crippen molar-refractivity contribution in [3.05, 3.63) is 66.8 Å². The fourth-order valence-electron chi connectivity index (χ4n) is 6.64. The zero-order chi connectivity index (χ0) is 38.3. The molecule has 1 aromatic carbocycles. The van der Waals surface area contributed by atoms with Crippen molar-refractivity contribution >= 4 is 39.3 Å². The van der Waals surface area contributed by atoms with Gasteiger partial charge in [-0.2, -0.15) is 14.7 Å². The molecule has 1 saturated carbocycles. The number of para-hydroxylation sites is 1. The molecule has 288 valence electrons. The fourth-order valence-corrected chi connectivity index (χ4v) is 8.15. The maximum absolute atomic E-state index is 14.7. The molecule has 0 radical (unpaired) electrons. The highest BCUT2D eigenvalue weighted by Crippen LogP contribution is 2.43. The Balaban J connectivity index is 1.65. The Kier molecular flexibility index (Phi) is 13.3. The van der Waals surface area contributed by atoms with E-state index >= 15 is 0 Å². The largest absolute Gasteiger partial charge is 0.494 e. The van der Waals surface area contributed by atoms with Crippen LogP contribution in [0.2, 0.25) is 51.4 Å². The maximum atomic E-state index is 14.7. The minimum Gasteiger partial charge on any atom is -0.494 e. The number of carbonyl (C=O) groups is 1. The molecule has 0 aliphatic heterocycles. The smallest absolute Gasteiger partial charge is 0.338 e. The van der Waals surface area contributed by atoms with Gasteiger partial charge in [0.25, 0.3) is 0 Å². The van der Waals surface area contributed by atoms with Crippen molar-refractivity contribution in [3.8, 4) is 16.8 Å². The van der Waals surface area contributed by atoms with Crippen LogP contribution in [0.4, 0.5) is 10.2 Å². The van der Waals surface area contributed by atoms with Crippen LogP contribution in [0.5, 0.6) is 0 Å². The molecule has 1 aliphatic rings. The highest BCUT2D eigenvalue weighted by molar-refractivity contribution is 6.76. The number of hydrogen-bond donors (Lipinski definition) is 1. The van der Waals surface area contributed by atoms with E-state index in [-0.39, 0.29) is 19.4 Å². The molecule has 1 atom stereocenters. The lowest BCUT2D eigenvalue weighted by Crippen LogP contribution is -2.35. The molecule has 1 unspecified atom stereocenters. The number of alkyl halides is 1. The van der Waals surface area contributed by atoms with E-state index in [1.54, 1.807) is 0 Å². The van der Waals surface area contributed by atoms with Gasteiger partial charge in [0.1, 0.15) is 25.0 Å². The summed E-state index contributed by atoms with van der Waals surface area (Å²) in [4.78, 5) is 18.9. The van der Waals surface area contributed by atoms with Gasteiger partial charge in [-0.05, 0) is 56.8 Å². The first-order valence-corrected chi connectivity index (χ1v) is 26.2. The minimum absolute atomic E-state index is 0.0968. The number of benzene rings is 1. The Morgan fingerprint density at radius 2 is 1.60 bits per heavy atom. The van der Waals surface area contributed by atoms with E-state index in [0.717, 1.165) is 34.6 Å². The first-order valence-electron chi connectivity index (χ1n) is 18.8. The third-order valence-corrected chi connectivity index (χ3v) is 13.2. The minimum atomic E-state index is -1.89. The van der Waals surface area contributed by atoms with Gasteiger partial charge in [0.05, 0.1) is 35.9 Å². The topological polar surface area (TPSA) is 116 Å². The lowest BCUT2D eigenvalue weighted by atomic mass is 9.77. The van der Waals surface area contributed by atoms with Crippen LogP contribution in [-0.4, -0.2) is 91.1 Å². The zero-order valence-electron chi connectivity index (χ0n) is 32.5. The molecule has 4 aromatic rings. The Labute approximate surface area is 315 Å². The Bertz CT molecular complexity index is 1810. The first-order chi connectivity index (χ1) is 25.2. The second-order valence-electron chi connectivity index (χ2n) is 16.4. The monoisotopic (exact) mass is 764 g/mol. The van der Waals surface area contributed by atoms with Gasteiger partial charge in [0.15, 0.2) is 11.8 Å². The fraction of sp³-hybridized carbons (Fsp3) is 0.538. The van der Waals surface area contributed by atoms with Crippen molar-refractivity contribution in [2.24, 2.45) is 5.92 Å². The van der Waals surface area contributed by atoms with Crippen LogP contribution in [0.1, 0.15) is 49.8 Å². The molecule has 14 heteroatoms. The number of rotatable bonds is 19. The molecule has 0 spiro atoms. The number of aromatic nitrogens is 5. The first kappa shape index (κ1) is 40.3. The predicted molar refractivity (Wildman–Crippen MR) is 214 cm³/mol. The Morgan fingerprint density at radius 1 is 0.981 bits per heavy atom. The van der Waals surface area contributed by atoms with Crippen LogP contribution in [0.25, 0.3) is 28.2 Å². The van der Waals surface area contributed by atoms with Crippen molar-refractivity contribution in [2.75, 3.05) is 38.2 Å². The van der Waals surface area contributed by atoms with Crippen molar-refractivity contribution in [1.82, 2.24) is 24.4 Å². The second-order valence-corrected chi connectivity index (χ2v) is 27.7. The molecule has 0 bridgehead atoms. The summed E-state index contributed by atoms with van der Waals surface area (Å²) in [6, 6.07) is 11.9. The molecule has 1 fully saturated rings. The molecule has 1 aliphatic carbocycles. The molecule has 3 heterocycles. The molecule has 1 N–H and O–H groups in total. The lowest BCUT2D eigenvalue weighted by molar-refractivity contribution is -0.145. The summed E-state index contributed by atoms with van der Waals surface area (Å²) < 4.78 is 37.3. The van der Waals surface area contributed by atoms with Crippen molar-refractivity contribution < 1.29 is 28.5 Å². The summed E-state index contributed by atoms with van der Waals surface area (Å²) in [7, 11) is -2.71. The number of hydrogen-bond acceptors (Lipinski definition) is 8. The van der Waals surface area contributed by atoms with Crippen LogP contribution in [0.15, 0.2) is 55.5 Å². The molecule has 5 rings (SSSR count). The van der Waals surface area contributed by atoms with E-state index in [0.29, 0.717) is 68.3 Å². The molecule has 0 saturated heterocycles. The number of ether oxygens (including phenoxy) is 3. The second kappa shape index (κ2) is 17.5. The van der Waals surface area contributed by atoms with Gasteiger partial charge in [-0.15, -0.1) is 0 Å². The van der Waals surface area contributed by atoms with Gasteiger partial charge >= 0.3 is 5.97 Å². The Morgan fingerprint density at radius 3 is 2.17 bits per heavy atom. The molecule has 3 aromatic heterocycles. The van der Waals surface area contributed by atoms with Gasteiger partial charge in [-0.3, -0.25) is 0 Å². The van der Waals surface area contributed by atoms with Crippen LogP contribution in [0.3, 0.4) is 0 Å². The summed E-state index contributed by atoms with van der Waals surface area (Å²) >= 11 is 0. The van der Waals surface area contributed by atoms with E-state index in [1.165, 1.54) is 0 Å². The molecule has 0 amide bonds. The van der Waals surface area contributed by atoms with E-state index in [4.69, 9.17) is 24.3 Å².